The van der Waals surface area contributed by atoms with Gasteiger partial charge >= 0.3 is 0 Å². The quantitative estimate of drug-likeness (QED) is 0.883. The number of hydrogen-bond donors (Lipinski definition) is 2. The van der Waals surface area contributed by atoms with E-state index in [-0.39, 0.29) is 6.04 Å². The summed E-state index contributed by atoms with van der Waals surface area (Å²) in [6, 6.07) is 5.38. The maximum atomic E-state index is 10.6. The van der Waals surface area contributed by atoms with Crippen molar-refractivity contribution in [2.75, 3.05) is 33.3 Å². The van der Waals surface area contributed by atoms with Crippen molar-refractivity contribution in [3.05, 3.63) is 28.8 Å². The van der Waals surface area contributed by atoms with Gasteiger partial charge in [-0.3, -0.25) is 4.90 Å². The van der Waals surface area contributed by atoms with Crippen LogP contribution < -0.4 is 10.1 Å². The van der Waals surface area contributed by atoms with Crippen molar-refractivity contribution in [3.8, 4) is 5.75 Å². The molecule has 2 N–H and O–H groups in total. The minimum absolute atomic E-state index is 0.0365. The molecule has 0 spiro atoms. The van der Waals surface area contributed by atoms with Crippen LogP contribution in [-0.4, -0.2) is 49.3 Å². The highest BCUT2D eigenvalue weighted by Gasteiger charge is 2.26. The molecule has 1 aromatic rings. The summed E-state index contributed by atoms with van der Waals surface area (Å²) in [6.45, 7) is 5.85. The molecule has 0 bridgehead atoms. The second-order valence-electron chi connectivity index (χ2n) is 4.86. The van der Waals surface area contributed by atoms with Crippen molar-refractivity contribution >= 4 is 11.6 Å². The minimum Gasteiger partial charge on any atom is -0.496 e. The van der Waals surface area contributed by atoms with Crippen LogP contribution in [0.1, 0.15) is 18.6 Å². The largest absolute Gasteiger partial charge is 0.496 e. The molecule has 2 rings (SSSR count). The number of rotatable bonds is 4. The van der Waals surface area contributed by atoms with E-state index in [1.807, 2.05) is 6.92 Å². The van der Waals surface area contributed by atoms with Gasteiger partial charge < -0.3 is 15.2 Å². The van der Waals surface area contributed by atoms with Crippen LogP contribution in [0, 0.1) is 0 Å². The van der Waals surface area contributed by atoms with E-state index < -0.39 is 6.10 Å². The highest BCUT2D eigenvalue weighted by Crippen LogP contribution is 2.31. The molecule has 5 heteroatoms. The summed E-state index contributed by atoms with van der Waals surface area (Å²) in [5.74, 6) is 0.680. The van der Waals surface area contributed by atoms with E-state index in [1.54, 1.807) is 25.3 Å². The Morgan fingerprint density at radius 2 is 2.05 bits per heavy atom. The predicted octanol–water partition coefficient (Wildman–Crippen LogP) is 1.68. The Bertz CT molecular complexity index is 422. The smallest absolute Gasteiger partial charge is 0.124 e. The molecule has 4 nitrogen and oxygen atoms in total. The van der Waals surface area contributed by atoms with Crippen molar-refractivity contribution in [2.24, 2.45) is 0 Å². The van der Waals surface area contributed by atoms with Gasteiger partial charge in [0.1, 0.15) is 5.75 Å². The zero-order chi connectivity index (χ0) is 13.8. The molecule has 0 radical (unpaired) electrons. The first-order valence-corrected chi connectivity index (χ1v) is 6.97. The normalized spacial score (nSPS) is 20.0. The average molecular weight is 285 g/mol. The lowest BCUT2D eigenvalue weighted by atomic mass is 10.0. The summed E-state index contributed by atoms with van der Waals surface area (Å²) in [5.41, 5.74) is 0.751. The third-order valence-electron chi connectivity index (χ3n) is 3.69. The molecule has 19 heavy (non-hydrogen) atoms. The van der Waals surface area contributed by atoms with E-state index in [1.165, 1.54) is 0 Å². The van der Waals surface area contributed by atoms with E-state index in [2.05, 4.69) is 10.2 Å². The van der Waals surface area contributed by atoms with Gasteiger partial charge in [-0.25, -0.2) is 0 Å². The van der Waals surface area contributed by atoms with Crippen molar-refractivity contribution in [3.63, 3.8) is 0 Å². The first-order chi connectivity index (χ1) is 9.13. The maximum absolute atomic E-state index is 10.6. The van der Waals surface area contributed by atoms with Gasteiger partial charge in [0.05, 0.1) is 13.2 Å². The van der Waals surface area contributed by atoms with E-state index in [9.17, 15) is 5.11 Å². The van der Waals surface area contributed by atoms with Crippen LogP contribution in [0.3, 0.4) is 0 Å². The topological polar surface area (TPSA) is 44.7 Å². The summed E-state index contributed by atoms with van der Waals surface area (Å²) < 4.78 is 5.31. The minimum atomic E-state index is -0.605. The Labute approximate surface area is 119 Å². The molecule has 0 amide bonds. The molecule has 2 unspecified atom stereocenters. The van der Waals surface area contributed by atoms with E-state index in [4.69, 9.17) is 16.3 Å². The average Bonchev–Trinajstić information content (AvgIpc) is 2.46. The van der Waals surface area contributed by atoms with E-state index in [0.29, 0.717) is 10.8 Å². The number of ether oxygens (including phenoxy) is 1. The number of aliphatic hydroxyl groups excluding tert-OH is 1. The fourth-order valence-electron chi connectivity index (χ4n) is 2.49. The standard InChI is InChI=1S/C14H21ClN2O2/c1-10(17-7-5-16-6-8-17)14(18)12-9-11(15)3-4-13(12)19-2/h3-4,9-10,14,16,18H,5-8H2,1-2H3. The van der Waals surface area contributed by atoms with Crippen LogP contribution in [-0.2, 0) is 0 Å². The zero-order valence-corrected chi connectivity index (χ0v) is 12.2. The lowest BCUT2D eigenvalue weighted by Gasteiger charge is -2.35. The summed E-state index contributed by atoms with van der Waals surface area (Å²) in [5, 5.41) is 14.5. The Kier molecular flexibility index (Phi) is 5.05. The van der Waals surface area contributed by atoms with Gasteiger partial charge in [0, 0.05) is 42.8 Å². The monoisotopic (exact) mass is 284 g/mol. The summed E-state index contributed by atoms with van der Waals surface area (Å²) in [6.07, 6.45) is -0.605. The van der Waals surface area contributed by atoms with Crippen LogP contribution in [0.25, 0.3) is 0 Å². The number of aliphatic hydroxyl groups is 1. The summed E-state index contributed by atoms with van der Waals surface area (Å²) >= 11 is 6.02. The molecule has 1 saturated heterocycles. The number of piperazine rings is 1. The number of nitrogens with one attached hydrogen (secondary N) is 1. The molecule has 0 aliphatic carbocycles. The number of nitrogens with zero attached hydrogens (tertiary/aromatic N) is 1. The fourth-order valence-corrected chi connectivity index (χ4v) is 2.67. The maximum Gasteiger partial charge on any atom is 0.124 e. The van der Waals surface area contributed by atoms with E-state index in [0.717, 1.165) is 31.7 Å². The third kappa shape index (κ3) is 3.39. The van der Waals surface area contributed by atoms with Gasteiger partial charge in [0.2, 0.25) is 0 Å². The number of hydrogen-bond acceptors (Lipinski definition) is 4. The SMILES string of the molecule is COc1ccc(Cl)cc1C(O)C(C)N1CCNCC1. The van der Waals surface area contributed by atoms with Crippen molar-refractivity contribution in [1.29, 1.82) is 0 Å². The summed E-state index contributed by atoms with van der Waals surface area (Å²) in [7, 11) is 1.61. The van der Waals surface area contributed by atoms with Gasteiger partial charge in [-0.05, 0) is 25.1 Å². The fraction of sp³-hybridized carbons (Fsp3) is 0.571. The van der Waals surface area contributed by atoms with Crippen LogP contribution in [0.4, 0.5) is 0 Å². The number of halogens is 1. The molecule has 1 aliphatic heterocycles. The molecule has 1 fully saturated rings. The first kappa shape index (κ1) is 14.6. The molecule has 2 atom stereocenters. The molecule has 106 valence electrons. The predicted molar refractivity (Wildman–Crippen MR) is 76.9 cm³/mol. The molecular weight excluding hydrogens is 264 g/mol. The Morgan fingerprint density at radius 3 is 2.68 bits per heavy atom. The first-order valence-electron chi connectivity index (χ1n) is 6.59. The highest BCUT2D eigenvalue weighted by atomic mass is 35.5. The van der Waals surface area contributed by atoms with Gasteiger partial charge in [0.15, 0.2) is 0 Å². The lowest BCUT2D eigenvalue weighted by molar-refractivity contribution is 0.0495. The Hall–Kier alpha value is -0.810. The molecule has 1 aliphatic rings. The van der Waals surface area contributed by atoms with Crippen LogP contribution in [0.15, 0.2) is 18.2 Å². The van der Waals surface area contributed by atoms with Crippen molar-refractivity contribution in [1.82, 2.24) is 10.2 Å². The van der Waals surface area contributed by atoms with Crippen molar-refractivity contribution in [2.45, 2.75) is 19.1 Å². The number of methoxy groups -OCH3 is 1. The lowest BCUT2D eigenvalue weighted by Crippen LogP contribution is -2.49. The van der Waals surface area contributed by atoms with Gasteiger partial charge in [-0.15, -0.1) is 0 Å². The second kappa shape index (κ2) is 6.57. The van der Waals surface area contributed by atoms with Crippen LogP contribution >= 0.6 is 11.6 Å². The van der Waals surface area contributed by atoms with E-state index >= 15 is 0 Å². The molecule has 0 saturated carbocycles. The highest BCUT2D eigenvalue weighted by molar-refractivity contribution is 6.30. The third-order valence-corrected chi connectivity index (χ3v) is 3.93. The molecular formula is C14H21ClN2O2. The zero-order valence-electron chi connectivity index (χ0n) is 11.4. The van der Waals surface area contributed by atoms with Gasteiger partial charge in [-0.2, -0.15) is 0 Å². The molecule has 0 aromatic heterocycles. The Balaban J connectivity index is 2.17. The second-order valence-corrected chi connectivity index (χ2v) is 5.29. The van der Waals surface area contributed by atoms with Gasteiger partial charge in [-0.1, -0.05) is 11.6 Å². The van der Waals surface area contributed by atoms with Crippen LogP contribution in [0.2, 0.25) is 5.02 Å². The Morgan fingerprint density at radius 1 is 1.37 bits per heavy atom. The van der Waals surface area contributed by atoms with Gasteiger partial charge in [0.25, 0.3) is 0 Å². The molecule has 1 aromatic carbocycles. The van der Waals surface area contributed by atoms with Crippen LogP contribution in [0.5, 0.6) is 5.75 Å². The molecule has 1 heterocycles. The van der Waals surface area contributed by atoms with Crippen molar-refractivity contribution < 1.29 is 9.84 Å². The number of benzene rings is 1. The summed E-state index contributed by atoms with van der Waals surface area (Å²) in [4.78, 5) is 2.28.